The molecular formula is C15H24FIN4O2. The van der Waals surface area contributed by atoms with Crippen molar-refractivity contribution in [3.8, 4) is 5.75 Å². The number of carbonyl (C=O) groups excluding carboxylic acids is 1. The highest BCUT2D eigenvalue weighted by atomic mass is 127. The van der Waals surface area contributed by atoms with E-state index < -0.39 is 0 Å². The normalized spacial score (nSPS) is 10.5. The molecule has 0 aliphatic heterocycles. The summed E-state index contributed by atoms with van der Waals surface area (Å²) in [4.78, 5) is 17.2. The fourth-order valence-electron chi connectivity index (χ4n) is 1.52. The van der Waals surface area contributed by atoms with Crippen LogP contribution in [0.3, 0.4) is 0 Å². The number of hydrogen-bond donors (Lipinski definition) is 2. The summed E-state index contributed by atoms with van der Waals surface area (Å²) in [5.41, 5.74) is 0. The van der Waals surface area contributed by atoms with Crippen LogP contribution in [-0.4, -0.2) is 57.1 Å². The molecular weight excluding hydrogens is 414 g/mol. The van der Waals surface area contributed by atoms with Crippen molar-refractivity contribution >= 4 is 35.8 Å². The number of hydrogen-bond acceptors (Lipinski definition) is 3. The number of likely N-dealkylation sites (N-methyl/N-ethyl adjacent to an activating group) is 1. The number of nitrogens with one attached hydrogen (secondary N) is 2. The Morgan fingerprint density at radius 2 is 2.09 bits per heavy atom. The minimum atomic E-state index is -0.331. The van der Waals surface area contributed by atoms with Crippen LogP contribution in [0.2, 0.25) is 0 Å². The van der Waals surface area contributed by atoms with Crippen molar-refractivity contribution in [3.05, 3.63) is 30.1 Å². The van der Waals surface area contributed by atoms with Gasteiger partial charge in [0.05, 0.1) is 6.54 Å². The summed E-state index contributed by atoms with van der Waals surface area (Å²) in [5.74, 6) is 0.614. The summed E-state index contributed by atoms with van der Waals surface area (Å²) in [7, 11) is 3.37. The van der Waals surface area contributed by atoms with Crippen molar-refractivity contribution in [1.82, 2.24) is 15.5 Å². The Labute approximate surface area is 153 Å². The van der Waals surface area contributed by atoms with E-state index in [9.17, 15) is 9.18 Å². The Kier molecular flexibility index (Phi) is 11.1. The molecule has 8 heteroatoms. The molecule has 0 saturated carbocycles. The lowest BCUT2D eigenvalue weighted by atomic mass is 10.3. The zero-order chi connectivity index (χ0) is 16.4. The molecule has 0 aliphatic carbocycles. The van der Waals surface area contributed by atoms with Crippen LogP contribution in [0, 0.1) is 5.82 Å². The van der Waals surface area contributed by atoms with Crippen molar-refractivity contribution in [2.45, 2.75) is 6.92 Å². The van der Waals surface area contributed by atoms with E-state index in [1.165, 1.54) is 17.0 Å². The van der Waals surface area contributed by atoms with Crippen molar-refractivity contribution in [3.63, 3.8) is 0 Å². The summed E-state index contributed by atoms with van der Waals surface area (Å²) < 4.78 is 18.4. The zero-order valence-corrected chi connectivity index (χ0v) is 16.0. The Morgan fingerprint density at radius 1 is 1.35 bits per heavy atom. The maximum atomic E-state index is 13.0. The smallest absolute Gasteiger partial charge is 0.243 e. The molecule has 1 aromatic rings. The molecule has 1 amide bonds. The lowest BCUT2D eigenvalue weighted by molar-refractivity contribution is -0.127. The van der Waals surface area contributed by atoms with E-state index in [0.717, 1.165) is 0 Å². The third-order valence-corrected chi connectivity index (χ3v) is 2.67. The van der Waals surface area contributed by atoms with Crippen molar-refractivity contribution in [2.75, 3.05) is 40.3 Å². The highest BCUT2D eigenvalue weighted by Crippen LogP contribution is 2.11. The number of nitrogens with zero attached hydrogens (tertiary/aromatic N) is 2. The van der Waals surface area contributed by atoms with E-state index in [4.69, 9.17) is 4.74 Å². The van der Waals surface area contributed by atoms with Gasteiger partial charge in [0.25, 0.3) is 0 Å². The lowest BCUT2D eigenvalue weighted by Gasteiger charge is -2.13. The van der Waals surface area contributed by atoms with Gasteiger partial charge in [0.15, 0.2) is 5.96 Å². The standard InChI is InChI=1S/C15H23FN4O2.HI/c1-4-17-15(19-11-14(21)20(2)3)18-8-9-22-13-7-5-6-12(16)10-13;/h5-7,10H,4,8-9,11H2,1-3H3,(H2,17,18,19);1H. The molecule has 0 unspecified atom stereocenters. The molecule has 2 N–H and O–H groups in total. The molecule has 0 aromatic heterocycles. The van der Waals surface area contributed by atoms with E-state index in [-0.39, 0.29) is 42.2 Å². The van der Waals surface area contributed by atoms with Crippen LogP contribution >= 0.6 is 24.0 Å². The number of halogens is 2. The van der Waals surface area contributed by atoms with Gasteiger partial charge in [-0.05, 0) is 19.1 Å². The molecule has 0 atom stereocenters. The molecule has 0 aliphatic rings. The number of rotatable bonds is 7. The fourth-order valence-corrected chi connectivity index (χ4v) is 1.52. The van der Waals surface area contributed by atoms with Gasteiger partial charge in [-0.15, -0.1) is 24.0 Å². The van der Waals surface area contributed by atoms with E-state index in [0.29, 0.717) is 31.4 Å². The topological polar surface area (TPSA) is 66.0 Å². The van der Waals surface area contributed by atoms with Crippen LogP contribution < -0.4 is 15.4 Å². The van der Waals surface area contributed by atoms with E-state index >= 15 is 0 Å². The van der Waals surface area contributed by atoms with E-state index in [2.05, 4.69) is 15.6 Å². The van der Waals surface area contributed by atoms with Crippen LogP contribution in [0.15, 0.2) is 29.3 Å². The second-order valence-corrected chi connectivity index (χ2v) is 4.72. The molecule has 23 heavy (non-hydrogen) atoms. The Balaban J connectivity index is 0.00000484. The monoisotopic (exact) mass is 438 g/mol. The highest BCUT2D eigenvalue weighted by molar-refractivity contribution is 14.0. The summed E-state index contributed by atoms with van der Waals surface area (Å²) in [6, 6.07) is 5.98. The Hall–Kier alpha value is -1.58. The third kappa shape index (κ3) is 9.22. The molecule has 6 nitrogen and oxygen atoms in total. The maximum Gasteiger partial charge on any atom is 0.243 e. The number of benzene rings is 1. The predicted molar refractivity (Wildman–Crippen MR) is 100.0 cm³/mol. The van der Waals surface area contributed by atoms with Gasteiger partial charge in [0, 0.05) is 26.7 Å². The molecule has 130 valence electrons. The van der Waals surface area contributed by atoms with Gasteiger partial charge in [-0.25, -0.2) is 9.38 Å². The van der Waals surface area contributed by atoms with Gasteiger partial charge < -0.3 is 20.3 Å². The zero-order valence-electron chi connectivity index (χ0n) is 13.6. The minimum absolute atomic E-state index is 0. The van der Waals surface area contributed by atoms with Gasteiger partial charge >= 0.3 is 0 Å². The number of aliphatic imine (C=N–C) groups is 1. The van der Waals surface area contributed by atoms with Crippen LogP contribution in [0.5, 0.6) is 5.75 Å². The summed E-state index contributed by atoms with van der Waals surface area (Å²) in [6.07, 6.45) is 0. The molecule has 0 saturated heterocycles. The summed E-state index contributed by atoms with van der Waals surface area (Å²) >= 11 is 0. The largest absolute Gasteiger partial charge is 0.492 e. The van der Waals surface area contributed by atoms with Crippen molar-refractivity contribution < 1.29 is 13.9 Å². The van der Waals surface area contributed by atoms with Crippen LogP contribution in [0.25, 0.3) is 0 Å². The maximum absolute atomic E-state index is 13.0. The second-order valence-electron chi connectivity index (χ2n) is 4.72. The van der Waals surface area contributed by atoms with Gasteiger partial charge in [-0.1, -0.05) is 6.07 Å². The van der Waals surface area contributed by atoms with Gasteiger partial charge in [0.1, 0.15) is 24.7 Å². The molecule has 0 fully saturated rings. The molecule has 1 rings (SSSR count). The van der Waals surface area contributed by atoms with E-state index in [1.54, 1.807) is 26.2 Å². The average Bonchev–Trinajstić information content (AvgIpc) is 2.48. The average molecular weight is 438 g/mol. The molecule has 0 radical (unpaired) electrons. The molecule has 0 heterocycles. The predicted octanol–water partition coefficient (Wildman–Crippen LogP) is 1.47. The summed E-state index contributed by atoms with van der Waals surface area (Å²) in [6.45, 7) is 3.54. The van der Waals surface area contributed by atoms with Crippen LogP contribution in [0.4, 0.5) is 4.39 Å². The van der Waals surface area contributed by atoms with E-state index in [1.807, 2.05) is 6.92 Å². The Morgan fingerprint density at radius 3 is 2.70 bits per heavy atom. The number of ether oxygens (including phenoxy) is 1. The Bertz CT molecular complexity index is 512. The molecule has 0 bridgehead atoms. The first-order valence-corrected chi connectivity index (χ1v) is 7.13. The highest BCUT2D eigenvalue weighted by Gasteiger charge is 2.04. The SMILES string of the molecule is CCNC(=NCC(=O)N(C)C)NCCOc1cccc(F)c1.I. The third-order valence-electron chi connectivity index (χ3n) is 2.67. The van der Waals surface area contributed by atoms with Crippen LogP contribution in [0.1, 0.15) is 6.92 Å². The number of guanidine groups is 1. The first-order valence-electron chi connectivity index (χ1n) is 7.13. The molecule has 0 spiro atoms. The lowest BCUT2D eigenvalue weighted by Crippen LogP contribution is -2.40. The number of amides is 1. The van der Waals surface area contributed by atoms with Gasteiger partial charge in [-0.2, -0.15) is 0 Å². The quantitative estimate of drug-likeness (QED) is 0.293. The second kappa shape index (κ2) is 11.9. The molecule has 1 aromatic carbocycles. The summed E-state index contributed by atoms with van der Waals surface area (Å²) in [5, 5.41) is 6.09. The van der Waals surface area contributed by atoms with Gasteiger partial charge in [0.2, 0.25) is 5.91 Å². The van der Waals surface area contributed by atoms with Gasteiger partial charge in [-0.3, -0.25) is 4.79 Å². The first-order chi connectivity index (χ1) is 10.5. The van der Waals surface area contributed by atoms with Crippen molar-refractivity contribution in [2.24, 2.45) is 4.99 Å². The number of carbonyl (C=O) groups is 1. The minimum Gasteiger partial charge on any atom is -0.492 e. The fraction of sp³-hybridized carbons (Fsp3) is 0.467. The first kappa shape index (κ1) is 21.4. The van der Waals surface area contributed by atoms with Crippen LogP contribution in [-0.2, 0) is 4.79 Å². The van der Waals surface area contributed by atoms with Crippen molar-refractivity contribution in [1.29, 1.82) is 0 Å².